The fraction of sp³-hybridized carbons (Fsp3) is 0.280. The molecule has 0 saturated heterocycles. The number of aliphatic hydroxyl groups is 1. The predicted molar refractivity (Wildman–Crippen MR) is 121 cm³/mol. The van der Waals surface area contributed by atoms with Gasteiger partial charge in [0.25, 0.3) is 5.91 Å². The summed E-state index contributed by atoms with van der Waals surface area (Å²) in [5, 5.41) is 12.0. The van der Waals surface area contributed by atoms with Gasteiger partial charge in [-0.05, 0) is 65.9 Å². The van der Waals surface area contributed by atoms with E-state index in [1.54, 1.807) is 24.4 Å². The number of hydrogen-bond acceptors (Lipinski definition) is 5. The summed E-state index contributed by atoms with van der Waals surface area (Å²) in [6, 6.07) is 14.2. The highest BCUT2D eigenvalue weighted by Gasteiger charge is 2.26. The molecule has 1 aromatic heterocycles. The summed E-state index contributed by atoms with van der Waals surface area (Å²) in [5.74, 6) is 0.208. The van der Waals surface area contributed by atoms with Crippen LogP contribution >= 0.6 is 0 Å². The van der Waals surface area contributed by atoms with E-state index in [0.717, 1.165) is 28.2 Å². The maximum atomic E-state index is 14.1. The molecule has 0 fully saturated rings. The Labute approximate surface area is 190 Å². The number of aromatic nitrogens is 1. The molecule has 2 aromatic carbocycles. The third kappa shape index (κ3) is 4.96. The number of carbonyl (C=O) groups is 1. The number of nitrogens with one attached hydrogen (secondary N) is 1. The van der Waals surface area contributed by atoms with E-state index in [4.69, 9.17) is 4.74 Å². The lowest BCUT2D eigenvalue weighted by atomic mass is 10.0. The molecule has 172 valence electrons. The Kier molecular flexibility index (Phi) is 6.84. The number of amides is 1. The Morgan fingerprint density at radius 3 is 2.82 bits per heavy atom. The molecule has 0 unspecified atom stereocenters. The lowest BCUT2D eigenvalue weighted by molar-refractivity contribution is 0.0894. The summed E-state index contributed by atoms with van der Waals surface area (Å²) in [5.41, 5.74) is 4.07. The normalized spacial score (nSPS) is 13.5. The van der Waals surface area contributed by atoms with Gasteiger partial charge in [-0.15, -0.1) is 0 Å². The highest BCUT2D eigenvalue weighted by atomic mass is 19.1. The monoisotopic (exact) mass is 453 g/mol. The number of hydrogen-bond donors (Lipinski definition) is 2. The number of alkyl halides is 1. The first-order valence-electron chi connectivity index (χ1n) is 10.7. The maximum Gasteiger partial charge on any atom is 0.251 e. The fourth-order valence-electron chi connectivity index (χ4n) is 4.02. The zero-order valence-electron chi connectivity index (χ0n) is 18.2. The summed E-state index contributed by atoms with van der Waals surface area (Å²) in [4.78, 5) is 19.1. The summed E-state index contributed by atoms with van der Waals surface area (Å²) < 4.78 is 31.5. The van der Waals surface area contributed by atoms with Crippen molar-refractivity contribution in [2.24, 2.45) is 0 Å². The highest BCUT2D eigenvalue weighted by Crippen LogP contribution is 2.36. The van der Waals surface area contributed by atoms with Crippen molar-refractivity contribution in [3.63, 3.8) is 0 Å². The Morgan fingerprint density at radius 2 is 2.06 bits per heavy atom. The molecule has 1 atom stereocenters. The Morgan fingerprint density at radius 1 is 1.24 bits per heavy atom. The molecule has 2 heterocycles. The number of halogens is 2. The molecule has 1 aliphatic rings. The number of carbonyl (C=O) groups excluding carboxylic acids is 1. The van der Waals surface area contributed by atoms with Crippen molar-refractivity contribution >= 4 is 17.4 Å². The molecule has 8 heteroatoms. The molecule has 3 aromatic rings. The number of pyridine rings is 1. The van der Waals surface area contributed by atoms with Crippen LogP contribution in [0.1, 0.15) is 27.0 Å². The van der Waals surface area contributed by atoms with Crippen LogP contribution in [-0.4, -0.2) is 49.0 Å². The van der Waals surface area contributed by atoms with Crippen molar-refractivity contribution in [2.75, 3.05) is 31.8 Å². The third-order valence-corrected chi connectivity index (χ3v) is 5.66. The van der Waals surface area contributed by atoms with Gasteiger partial charge in [0.05, 0.1) is 13.2 Å². The topological polar surface area (TPSA) is 74.7 Å². The second-order valence-electron chi connectivity index (χ2n) is 7.89. The van der Waals surface area contributed by atoms with E-state index in [1.807, 2.05) is 29.2 Å². The molecule has 2 N–H and O–H groups in total. The number of rotatable bonds is 8. The summed E-state index contributed by atoms with van der Waals surface area (Å²) in [6.45, 7) is -0.398. The van der Waals surface area contributed by atoms with E-state index in [9.17, 15) is 18.7 Å². The Hall–Kier alpha value is -3.52. The van der Waals surface area contributed by atoms with Gasteiger partial charge in [0.15, 0.2) is 11.6 Å². The lowest BCUT2D eigenvalue weighted by Crippen LogP contribution is -2.33. The maximum absolute atomic E-state index is 14.1. The van der Waals surface area contributed by atoms with Gasteiger partial charge in [0, 0.05) is 30.5 Å². The van der Waals surface area contributed by atoms with Crippen molar-refractivity contribution in [1.82, 2.24) is 10.3 Å². The lowest BCUT2D eigenvalue weighted by Gasteiger charge is -2.19. The van der Waals surface area contributed by atoms with Crippen LogP contribution < -0.4 is 15.0 Å². The number of fused-ring (bicyclic) bond motifs is 1. The minimum absolute atomic E-state index is 0.141. The zero-order chi connectivity index (χ0) is 23.4. The van der Waals surface area contributed by atoms with Gasteiger partial charge in [-0.3, -0.25) is 4.79 Å². The van der Waals surface area contributed by atoms with E-state index in [1.165, 1.54) is 13.2 Å². The molecule has 0 bridgehead atoms. The van der Waals surface area contributed by atoms with Gasteiger partial charge in [-0.2, -0.15) is 0 Å². The molecule has 0 radical (unpaired) electrons. The predicted octanol–water partition coefficient (Wildman–Crippen LogP) is 3.57. The zero-order valence-corrected chi connectivity index (χ0v) is 18.2. The summed E-state index contributed by atoms with van der Waals surface area (Å²) in [6.07, 6.45) is 1.70. The molecular formula is C25H25F2N3O3. The Balaban J connectivity index is 1.54. The molecule has 33 heavy (non-hydrogen) atoms. The van der Waals surface area contributed by atoms with E-state index in [2.05, 4.69) is 10.3 Å². The van der Waals surface area contributed by atoms with Crippen molar-refractivity contribution in [1.29, 1.82) is 0 Å². The number of methoxy groups -OCH3 is 1. The van der Waals surface area contributed by atoms with Gasteiger partial charge in [-0.1, -0.05) is 12.1 Å². The van der Waals surface area contributed by atoms with Crippen LogP contribution in [0.3, 0.4) is 0 Å². The van der Waals surface area contributed by atoms with Gasteiger partial charge in [0.1, 0.15) is 12.5 Å². The molecule has 0 aliphatic carbocycles. The number of anilines is 2. The van der Waals surface area contributed by atoms with Crippen molar-refractivity contribution < 1.29 is 23.4 Å². The van der Waals surface area contributed by atoms with Crippen LogP contribution in [0.15, 0.2) is 54.7 Å². The highest BCUT2D eigenvalue weighted by molar-refractivity contribution is 5.98. The van der Waals surface area contributed by atoms with E-state index in [-0.39, 0.29) is 18.2 Å². The SMILES string of the molecule is COc1ccc(Cc2ccnc(N3CCc4c(C(=O)NC[C@@H](O)CF)cccc43)c2)cc1F. The second-order valence-corrected chi connectivity index (χ2v) is 7.89. The summed E-state index contributed by atoms with van der Waals surface area (Å²) in [7, 11) is 1.43. The minimum atomic E-state index is -1.21. The molecule has 1 amide bonds. The van der Waals surface area contributed by atoms with Gasteiger partial charge >= 0.3 is 0 Å². The first-order valence-corrected chi connectivity index (χ1v) is 10.7. The van der Waals surface area contributed by atoms with Gasteiger partial charge < -0.3 is 20.1 Å². The number of nitrogens with zero attached hydrogens (tertiary/aromatic N) is 2. The average molecular weight is 453 g/mol. The molecule has 1 aliphatic heterocycles. The molecule has 6 nitrogen and oxygen atoms in total. The standard InChI is InChI=1S/C25H25F2N3O3/c1-33-23-6-5-16(12-21(23)27)11-17-7-9-28-24(13-17)30-10-8-19-20(3-2-4-22(19)30)25(32)29-15-18(31)14-26/h2-7,9,12-13,18,31H,8,10-11,14-15H2,1H3,(H,29,32)/t18-/m0/s1. The van der Waals surface area contributed by atoms with Crippen molar-refractivity contribution in [2.45, 2.75) is 18.9 Å². The van der Waals surface area contributed by atoms with Crippen LogP contribution in [0.2, 0.25) is 0 Å². The van der Waals surface area contributed by atoms with Crippen LogP contribution in [-0.2, 0) is 12.8 Å². The molecule has 4 rings (SSSR count). The molecular weight excluding hydrogens is 428 g/mol. The van der Waals surface area contributed by atoms with E-state index >= 15 is 0 Å². The number of aliphatic hydroxyl groups excluding tert-OH is 1. The second kappa shape index (κ2) is 9.95. The van der Waals surface area contributed by atoms with Gasteiger partial charge in [-0.25, -0.2) is 13.8 Å². The van der Waals surface area contributed by atoms with Crippen molar-refractivity contribution in [3.05, 3.63) is 82.8 Å². The number of ether oxygens (including phenoxy) is 1. The minimum Gasteiger partial charge on any atom is -0.494 e. The molecule has 0 spiro atoms. The molecule has 0 saturated carbocycles. The van der Waals surface area contributed by atoms with E-state index in [0.29, 0.717) is 24.9 Å². The third-order valence-electron chi connectivity index (χ3n) is 5.66. The van der Waals surface area contributed by atoms with Gasteiger partial charge in [0.2, 0.25) is 0 Å². The van der Waals surface area contributed by atoms with Crippen LogP contribution in [0.4, 0.5) is 20.3 Å². The average Bonchev–Trinajstić information content (AvgIpc) is 3.27. The largest absolute Gasteiger partial charge is 0.494 e. The first kappa shape index (κ1) is 22.7. The van der Waals surface area contributed by atoms with Crippen LogP contribution in [0, 0.1) is 5.82 Å². The van der Waals surface area contributed by atoms with E-state index < -0.39 is 18.6 Å². The van der Waals surface area contributed by atoms with Crippen molar-refractivity contribution in [3.8, 4) is 5.75 Å². The smallest absolute Gasteiger partial charge is 0.251 e. The first-order chi connectivity index (χ1) is 16.0. The van der Waals surface area contributed by atoms with Crippen LogP contribution in [0.25, 0.3) is 0 Å². The fourth-order valence-corrected chi connectivity index (χ4v) is 4.02. The number of benzene rings is 2. The van der Waals surface area contributed by atoms with Crippen LogP contribution in [0.5, 0.6) is 5.75 Å². The Bertz CT molecular complexity index is 1160. The summed E-state index contributed by atoms with van der Waals surface area (Å²) >= 11 is 0. The quantitative estimate of drug-likeness (QED) is 0.546.